The van der Waals surface area contributed by atoms with Crippen molar-refractivity contribution in [3.05, 3.63) is 77.9 Å². The van der Waals surface area contributed by atoms with E-state index >= 15 is 0 Å². The molecule has 2 amide bonds. The maximum Gasteiger partial charge on any atom is 0.338 e. The van der Waals surface area contributed by atoms with E-state index in [-0.39, 0.29) is 31.4 Å². The molecule has 1 N–H and O–H groups in total. The molecule has 11 heteroatoms. The number of hydrogen-bond donors (Lipinski definition) is 1. The number of rotatable bonds is 10. The number of thioether (sulfide) groups is 1. The highest BCUT2D eigenvalue weighted by atomic mass is 32.2. The van der Waals surface area contributed by atoms with Crippen LogP contribution in [-0.4, -0.2) is 61.0 Å². The van der Waals surface area contributed by atoms with Crippen molar-refractivity contribution < 1.29 is 33.3 Å². The van der Waals surface area contributed by atoms with Gasteiger partial charge in [-0.05, 0) is 61.0 Å². The van der Waals surface area contributed by atoms with Crippen molar-refractivity contribution in [3.63, 3.8) is 0 Å². The average Bonchev–Trinajstić information content (AvgIpc) is 2.99. The van der Waals surface area contributed by atoms with Gasteiger partial charge in [-0.1, -0.05) is 30.0 Å². The van der Waals surface area contributed by atoms with E-state index in [0.717, 1.165) is 5.56 Å². The van der Waals surface area contributed by atoms with Crippen molar-refractivity contribution in [1.82, 2.24) is 4.90 Å². The van der Waals surface area contributed by atoms with E-state index in [0.29, 0.717) is 39.4 Å². The number of nitrogens with zero attached hydrogens (tertiary/aromatic N) is 2. The number of anilines is 1. The lowest BCUT2D eigenvalue weighted by Crippen LogP contribution is -2.44. The minimum Gasteiger partial charge on any atom is -0.495 e. The summed E-state index contributed by atoms with van der Waals surface area (Å²) in [7, 11) is 4.62. The molecule has 41 heavy (non-hydrogen) atoms. The Labute approximate surface area is 242 Å². The monoisotopic (exact) mass is 577 g/mol. The molecule has 10 nitrogen and oxygen atoms in total. The van der Waals surface area contributed by atoms with Crippen LogP contribution in [0.15, 0.2) is 71.7 Å². The number of para-hydroxylation sites is 2. The van der Waals surface area contributed by atoms with Gasteiger partial charge in [0.1, 0.15) is 11.0 Å². The summed E-state index contributed by atoms with van der Waals surface area (Å²) in [5.41, 5.74) is 2.20. The van der Waals surface area contributed by atoms with Crippen LogP contribution < -0.4 is 19.5 Å². The zero-order chi connectivity index (χ0) is 29.4. The van der Waals surface area contributed by atoms with Gasteiger partial charge in [-0.25, -0.2) is 9.79 Å². The maximum absolute atomic E-state index is 13.5. The minimum absolute atomic E-state index is 0.0280. The first-order valence-electron chi connectivity index (χ1n) is 12.8. The molecule has 1 heterocycles. The van der Waals surface area contributed by atoms with Gasteiger partial charge in [-0.15, -0.1) is 0 Å². The van der Waals surface area contributed by atoms with Gasteiger partial charge in [-0.3, -0.25) is 14.5 Å². The third-order valence-electron chi connectivity index (χ3n) is 6.19. The molecule has 1 unspecified atom stereocenters. The molecule has 0 bridgehead atoms. The predicted molar refractivity (Wildman–Crippen MR) is 157 cm³/mol. The van der Waals surface area contributed by atoms with E-state index in [1.54, 1.807) is 81.8 Å². The Morgan fingerprint density at radius 2 is 1.66 bits per heavy atom. The third kappa shape index (κ3) is 7.17. The van der Waals surface area contributed by atoms with Crippen molar-refractivity contribution in [3.8, 4) is 17.2 Å². The Hall–Kier alpha value is -4.51. The summed E-state index contributed by atoms with van der Waals surface area (Å²) in [6.45, 7) is 2.21. The van der Waals surface area contributed by atoms with Crippen LogP contribution in [0, 0.1) is 0 Å². The van der Waals surface area contributed by atoms with Crippen LogP contribution in [0.3, 0.4) is 0 Å². The van der Waals surface area contributed by atoms with Gasteiger partial charge in [0.25, 0.3) is 0 Å². The Balaban J connectivity index is 1.63. The van der Waals surface area contributed by atoms with Gasteiger partial charge in [0.15, 0.2) is 16.7 Å². The van der Waals surface area contributed by atoms with Crippen LogP contribution in [0.25, 0.3) is 0 Å². The Kier molecular flexibility index (Phi) is 9.86. The summed E-state index contributed by atoms with van der Waals surface area (Å²) < 4.78 is 21.1. The molecule has 0 radical (unpaired) electrons. The lowest BCUT2D eigenvalue weighted by Gasteiger charge is -2.32. The van der Waals surface area contributed by atoms with Crippen LogP contribution in [0.4, 0.5) is 11.4 Å². The number of esters is 1. The quantitative estimate of drug-likeness (QED) is 0.333. The predicted octanol–water partition coefficient (Wildman–Crippen LogP) is 5.05. The molecule has 1 fully saturated rings. The number of ether oxygens (including phenoxy) is 4. The van der Waals surface area contributed by atoms with Gasteiger partial charge >= 0.3 is 5.97 Å². The molecule has 1 aliphatic rings. The molecule has 0 aliphatic carbocycles. The second-order valence-electron chi connectivity index (χ2n) is 8.83. The third-order valence-corrected chi connectivity index (χ3v) is 7.38. The van der Waals surface area contributed by atoms with Crippen LogP contribution in [0.1, 0.15) is 29.3 Å². The van der Waals surface area contributed by atoms with Crippen molar-refractivity contribution in [1.29, 1.82) is 0 Å². The number of aliphatic imine (C=N–C) groups is 1. The van der Waals surface area contributed by atoms with Crippen LogP contribution in [-0.2, 0) is 20.9 Å². The number of nitrogens with one attached hydrogen (secondary N) is 1. The molecule has 0 spiro atoms. The molecule has 3 aromatic rings. The summed E-state index contributed by atoms with van der Waals surface area (Å²) in [5.74, 6) is 0.573. The van der Waals surface area contributed by atoms with Crippen molar-refractivity contribution in [2.45, 2.75) is 25.1 Å². The summed E-state index contributed by atoms with van der Waals surface area (Å²) in [6, 6.07) is 19.0. The lowest BCUT2D eigenvalue weighted by molar-refractivity contribution is -0.129. The first-order valence-corrected chi connectivity index (χ1v) is 13.7. The molecular formula is C30H31N3O7S. The highest BCUT2D eigenvalue weighted by molar-refractivity contribution is 8.15. The number of amidine groups is 1. The Bertz CT molecular complexity index is 1440. The van der Waals surface area contributed by atoms with E-state index in [9.17, 15) is 14.4 Å². The number of carbonyl (C=O) groups is 3. The fourth-order valence-corrected chi connectivity index (χ4v) is 5.21. The molecule has 1 saturated heterocycles. The number of amides is 2. The minimum atomic E-state index is -0.730. The van der Waals surface area contributed by atoms with Crippen molar-refractivity contribution >= 4 is 46.1 Å². The first-order chi connectivity index (χ1) is 19.9. The van der Waals surface area contributed by atoms with Crippen molar-refractivity contribution in [2.24, 2.45) is 4.99 Å². The van der Waals surface area contributed by atoms with Gasteiger partial charge in [0.05, 0.1) is 51.4 Å². The largest absolute Gasteiger partial charge is 0.495 e. The average molecular weight is 578 g/mol. The normalized spacial score (nSPS) is 15.8. The standard InChI is InChI=1S/C30H31N3O7S/c1-5-40-29(36)20-11-13-21(14-12-20)31-30-33(18-19-10-15-24(38-3)25(16-19)39-4)27(34)17-26(41-30)28(35)32-22-8-6-7-9-23(22)37-2/h6-16,26H,5,17-18H2,1-4H3,(H,32,35). The summed E-state index contributed by atoms with van der Waals surface area (Å²) in [5, 5.41) is 2.49. The number of benzene rings is 3. The molecule has 3 aromatic carbocycles. The van der Waals surface area contributed by atoms with Gasteiger partial charge < -0.3 is 24.3 Å². The zero-order valence-electron chi connectivity index (χ0n) is 23.2. The highest BCUT2D eigenvalue weighted by Crippen LogP contribution is 2.34. The molecule has 1 atom stereocenters. The van der Waals surface area contributed by atoms with E-state index in [2.05, 4.69) is 5.32 Å². The fraction of sp³-hybridized carbons (Fsp3) is 0.267. The van der Waals surface area contributed by atoms with E-state index in [1.165, 1.54) is 23.8 Å². The molecule has 4 rings (SSSR count). The first kappa shape index (κ1) is 29.5. The van der Waals surface area contributed by atoms with Gasteiger partial charge in [-0.2, -0.15) is 0 Å². The van der Waals surface area contributed by atoms with Crippen LogP contribution in [0.5, 0.6) is 17.2 Å². The molecule has 0 saturated carbocycles. The smallest absolute Gasteiger partial charge is 0.338 e. The number of carbonyl (C=O) groups excluding carboxylic acids is 3. The molecule has 214 valence electrons. The molecule has 1 aliphatic heterocycles. The second kappa shape index (κ2) is 13.7. The number of hydrogen-bond acceptors (Lipinski definition) is 9. The number of methoxy groups -OCH3 is 3. The Morgan fingerprint density at radius 1 is 0.951 bits per heavy atom. The van der Waals surface area contributed by atoms with Gasteiger partial charge in [0, 0.05) is 6.42 Å². The van der Waals surface area contributed by atoms with Crippen LogP contribution >= 0.6 is 11.8 Å². The van der Waals surface area contributed by atoms with E-state index < -0.39 is 11.2 Å². The highest BCUT2D eigenvalue weighted by Gasteiger charge is 2.36. The maximum atomic E-state index is 13.5. The van der Waals surface area contributed by atoms with E-state index in [1.807, 2.05) is 6.07 Å². The van der Waals surface area contributed by atoms with E-state index in [4.69, 9.17) is 23.9 Å². The SMILES string of the molecule is CCOC(=O)c1ccc(N=C2SC(C(=O)Nc3ccccc3OC)CC(=O)N2Cc2ccc(OC)c(OC)c2)cc1. The summed E-state index contributed by atoms with van der Waals surface area (Å²) >= 11 is 1.19. The fourth-order valence-electron chi connectivity index (χ4n) is 4.12. The lowest BCUT2D eigenvalue weighted by atomic mass is 10.1. The molecule has 0 aromatic heterocycles. The van der Waals surface area contributed by atoms with Crippen molar-refractivity contribution in [2.75, 3.05) is 33.3 Å². The van der Waals surface area contributed by atoms with Gasteiger partial charge in [0.2, 0.25) is 11.8 Å². The van der Waals surface area contributed by atoms with Crippen LogP contribution in [0.2, 0.25) is 0 Å². The summed E-state index contributed by atoms with van der Waals surface area (Å²) in [6.07, 6.45) is -0.0280. The Morgan fingerprint density at radius 3 is 2.34 bits per heavy atom. The molecular weight excluding hydrogens is 546 g/mol. The zero-order valence-corrected chi connectivity index (χ0v) is 24.0. The topological polar surface area (TPSA) is 116 Å². The summed E-state index contributed by atoms with van der Waals surface area (Å²) in [4.78, 5) is 45.1. The second-order valence-corrected chi connectivity index (χ2v) is 10.0.